The van der Waals surface area contributed by atoms with Gasteiger partial charge in [-0.1, -0.05) is 25.0 Å². The van der Waals surface area contributed by atoms with Gasteiger partial charge in [0.05, 0.1) is 7.11 Å². The molecule has 1 fully saturated rings. The lowest BCUT2D eigenvalue weighted by Gasteiger charge is -2.26. The number of hydrogen-bond donors (Lipinski definition) is 1. The van der Waals surface area contributed by atoms with Crippen molar-refractivity contribution in [3.63, 3.8) is 0 Å². The third kappa shape index (κ3) is 7.01. The molecule has 1 aliphatic carbocycles. The molecular formula is C19H33IN4O. The molecule has 142 valence electrons. The molecule has 1 aromatic rings. The van der Waals surface area contributed by atoms with Gasteiger partial charge in [-0.3, -0.25) is 4.99 Å². The minimum Gasteiger partial charge on any atom is -0.497 e. The normalized spacial score (nSPS) is 15.2. The Morgan fingerprint density at radius 2 is 1.84 bits per heavy atom. The van der Waals surface area contributed by atoms with Crippen molar-refractivity contribution in [2.24, 2.45) is 4.99 Å². The first kappa shape index (κ1) is 22.0. The summed E-state index contributed by atoms with van der Waals surface area (Å²) >= 11 is 0. The first-order valence-corrected chi connectivity index (χ1v) is 8.89. The van der Waals surface area contributed by atoms with E-state index in [0.717, 1.165) is 37.4 Å². The van der Waals surface area contributed by atoms with E-state index < -0.39 is 0 Å². The monoisotopic (exact) mass is 460 g/mol. The Bertz CT molecular complexity index is 515. The van der Waals surface area contributed by atoms with E-state index >= 15 is 0 Å². The molecule has 0 bridgehead atoms. The molecule has 5 nitrogen and oxygen atoms in total. The van der Waals surface area contributed by atoms with Crippen LogP contribution in [-0.2, 0) is 6.54 Å². The standard InChI is InChI=1S/C19H32N4O.HI/c1-20-19(21-13-14-22(2)17-7-5-6-8-17)23(3)15-16-9-11-18(24-4)12-10-16;/h9-12,17H,5-8,13-15H2,1-4H3,(H,20,21);1H. The van der Waals surface area contributed by atoms with Gasteiger partial charge in [0.2, 0.25) is 0 Å². The summed E-state index contributed by atoms with van der Waals surface area (Å²) < 4.78 is 5.21. The van der Waals surface area contributed by atoms with E-state index in [1.54, 1.807) is 7.11 Å². The van der Waals surface area contributed by atoms with Gasteiger partial charge < -0.3 is 19.9 Å². The molecule has 1 aromatic carbocycles. The van der Waals surface area contributed by atoms with Crippen LogP contribution in [0.25, 0.3) is 0 Å². The molecule has 6 heteroatoms. The van der Waals surface area contributed by atoms with Crippen LogP contribution in [0.5, 0.6) is 5.75 Å². The maximum atomic E-state index is 5.21. The molecule has 0 heterocycles. The number of rotatable bonds is 7. The molecular weight excluding hydrogens is 427 g/mol. The number of hydrogen-bond acceptors (Lipinski definition) is 3. The second-order valence-electron chi connectivity index (χ2n) is 6.60. The highest BCUT2D eigenvalue weighted by atomic mass is 127. The van der Waals surface area contributed by atoms with Crippen molar-refractivity contribution in [3.05, 3.63) is 29.8 Å². The molecule has 0 saturated heterocycles. The molecule has 25 heavy (non-hydrogen) atoms. The SMILES string of the molecule is CN=C(NCCN(C)C1CCCC1)N(C)Cc1ccc(OC)cc1.I. The fourth-order valence-corrected chi connectivity index (χ4v) is 3.34. The lowest BCUT2D eigenvalue weighted by Crippen LogP contribution is -2.43. The van der Waals surface area contributed by atoms with Crippen LogP contribution in [0.1, 0.15) is 31.2 Å². The van der Waals surface area contributed by atoms with Crippen LogP contribution >= 0.6 is 24.0 Å². The van der Waals surface area contributed by atoms with Crippen molar-refractivity contribution in [1.82, 2.24) is 15.1 Å². The summed E-state index contributed by atoms with van der Waals surface area (Å²) in [4.78, 5) is 9.03. The zero-order valence-corrected chi connectivity index (χ0v) is 18.3. The van der Waals surface area contributed by atoms with E-state index in [2.05, 4.69) is 46.3 Å². The molecule has 0 atom stereocenters. The Balaban J connectivity index is 0.00000312. The van der Waals surface area contributed by atoms with Gasteiger partial charge in [0, 0.05) is 39.8 Å². The Kier molecular flexibility index (Phi) is 10.2. The number of nitrogens with one attached hydrogen (secondary N) is 1. The highest BCUT2D eigenvalue weighted by Gasteiger charge is 2.19. The van der Waals surface area contributed by atoms with E-state index in [0.29, 0.717) is 0 Å². The summed E-state index contributed by atoms with van der Waals surface area (Å²) in [5, 5.41) is 3.48. The number of likely N-dealkylation sites (N-methyl/N-ethyl adjacent to an activating group) is 1. The summed E-state index contributed by atoms with van der Waals surface area (Å²) in [5.41, 5.74) is 1.24. The lowest BCUT2D eigenvalue weighted by atomic mass is 10.2. The Labute approximate surface area is 169 Å². The summed E-state index contributed by atoms with van der Waals surface area (Å²) in [7, 11) is 7.84. The first-order valence-electron chi connectivity index (χ1n) is 8.89. The highest BCUT2D eigenvalue weighted by Crippen LogP contribution is 2.21. The zero-order valence-electron chi connectivity index (χ0n) is 16.0. The third-order valence-corrected chi connectivity index (χ3v) is 4.85. The average molecular weight is 460 g/mol. The van der Waals surface area contributed by atoms with Crippen molar-refractivity contribution in [3.8, 4) is 5.75 Å². The molecule has 0 unspecified atom stereocenters. The van der Waals surface area contributed by atoms with Gasteiger partial charge in [-0.05, 0) is 37.6 Å². The second kappa shape index (κ2) is 11.6. The molecule has 0 aliphatic heterocycles. The van der Waals surface area contributed by atoms with Gasteiger partial charge in [0.15, 0.2) is 5.96 Å². The summed E-state index contributed by atoms with van der Waals surface area (Å²) in [6.45, 7) is 2.80. The Morgan fingerprint density at radius 3 is 2.40 bits per heavy atom. The van der Waals surface area contributed by atoms with Gasteiger partial charge in [-0.25, -0.2) is 0 Å². The maximum Gasteiger partial charge on any atom is 0.193 e. The molecule has 0 spiro atoms. The molecule has 2 rings (SSSR count). The van der Waals surface area contributed by atoms with Crippen molar-refractivity contribution < 1.29 is 4.74 Å². The van der Waals surface area contributed by atoms with E-state index in [1.165, 1.54) is 31.2 Å². The van der Waals surface area contributed by atoms with Crippen molar-refractivity contribution in [2.45, 2.75) is 38.3 Å². The smallest absolute Gasteiger partial charge is 0.193 e. The highest BCUT2D eigenvalue weighted by molar-refractivity contribution is 14.0. The van der Waals surface area contributed by atoms with Crippen molar-refractivity contribution in [1.29, 1.82) is 0 Å². The summed E-state index contributed by atoms with van der Waals surface area (Å²) in [5.74, 6) is 1.82. The number of guanidine groups is 1. The van der Waals surface area contributed by atoms with Crippen LogP contribution in [0.15, 0.2) is 29.3 Å². The van der Waals surface area contributed by atoms with Crippen LogP contribution in [0.2, 0.25) is 0 Å². The van der Waals surface area contributed by atoms with Crippen LogP contribution < -0.4 is 10.1 Å². The van der Waals surface area contributed by atoms with E-state index in [1.807, 2.05) is 19.2 Å². The van der Waals surface area contributed by atoms with Gasteiger partial charge in [0.1, 0.15) is 5.75 Å². The fourth-order valence-electron chi connectivity index (χ4n) is 3.34. The molecule has 0 radical (unpaired) electrons. The molecule has 1 saturated carbocycles. The Morgan fingerprint density at radius 1 is 1.20 bits per heavy atom. The van der Waals surface area contributed by atoms with Crippen molar-refractivity contribution in [2.75, 3.05) is 41.3 Å². The quantitative estimate of drug-likeness (QED) is 0.386. The third-order valence-electron chi connectivity index (χ3n) is 4.85. The van der Waals surface area contributed by atoms with Gasteiger partial charge in [0.25, 0.3) is 0 Å². The average Bonchev–Trinajstić information content (AvgIpc) is 3.14. The topological polar surface area (TPSA) is 40.1 Å². The Hall–Kier alpha value is -1.02. The minimum absolute atomic E-state index is 0. The number of benzene rings is 1. The second-order valence-corrected chi connectivity index (χ2v) is 6.60. The number of methoxy groups -OCH3 is 1. The largest absolute Gasteiger partial charge is 0.497 e. The van der Waals surface area contributed by atoms with E-state index in [4.69, 9.17) is 4.74 Å². The molecule has 0 aromatic heterocycles. The number of ether oxygens (including phenoxy) is 1. The first-order chi connectivity index (χ1) is 11.6. The molecule has 1 aliphatic rings. The molecule has 0 amide bonds. The number of halogens is 1. The minimum atomic E-state index is 0. The predicted octanol–water partition coefficient (Wildman–Crippen LogP) is 3.19. The van der Waals surface area contributed by atoms with E-state index in [-0.39, 0.29) is 24.0 Å². The number of nitrogens with zero attached hydrogens (tertiary/aromatic N) is 3. The summed E-state index contributed by atoms with van der Waals surface area (Å²) in [6.07, 6.45) is 5.47. The van der Waals surface area contributed by atoms with Crippen LogP contribution in [0.3, 0.4) is 0 Å². The van der Waals surface area contributed by atoms with Crippen LogP contribution in [0.4, 0.5) is 0 Å². The van der Waals surface area contributed by atoms with Gasteiger partial charge in [-0.2, -0.15) is 0 Å². The van der Waals surface area contributed by atoms with Gasteiger partial charge >= 0.3 is 0 Å². The van der Waals surface area contributed by atoms with E-state index in [9.17, 15) is 0 Å². The number of aliphatic imine (C=N–C) groups is 1. The lowest BCUT2D eigenvalue weighted by molar-refractivity contribution is 0.248. The van der Waals surface area contributed by atoms with Crippen molar-refractivity contribution >= 4 is 29.9 Å². The maximum absolute atomic E-state index is 5.21. The van der Waals surface area contributed by atoms with Crippen LogP contribution in [-0.4, -0.2) is 63.1 Å². The summed E-state index contributed by atoms with van der Waals surface area (Å²) in [6, 6.07) is 8.95. The fraction of sp³-hybridized carbons (Fsp3) is 0.632. The zero-order chi connectivity index (χ0) is 17.4. The van der Waals surface area contributed by atoms with Crippen LogP contribution in [0, 0.1) is 0 Å². The van der Waals surface area contributed by atoms with Gasteiger partial charge in [-0.15, -0.1) is 24.0 Å². The predicted molar refractivity (Wildman–Crippen MR) is 116 cm³/mol. The molecule has 1 N–H and O–H groups in total.